The van der Waals surface area contributed by atoms with Crippen molar-refractivity contribution in [3.63, 3.8) is 0 Å². The Labute approximate surface area is 161 Å². The summed E-state index contributed by atoms with van der Waals surface area (Å²) in [7, 11) is 1.28. The maximum atomic E-state index is 12.2. The normalized spacial score (nSPS) is 18.8. The number of thiophene rings is 1. The van der Waals surface area contributed by atoms with E-state index in [0.717, 1.165) is 23.4 Å². The average Bonchev–Trinajstić information content (AvgIpc) is 3.28. The number of para-hydroxylation sites is 1. The number of ether oxygens (including phenoxy) is 1. The fourth-order valence-electron chi connectivity index (χ4n) is 3.16. The number of rotatable bonds is 4. The summed E-state index contributed by atoms with van der Waals surface area (Å²) in [4.78, 5) is 38.0. The molecule has 2 unspecified atom stereocenters. The zero-order chi connectivity index (χ0) is 19.4. The molecule has 0 bridgehead atoms. The van der Waals surface area contributed by atoms with Crippen molar-refractivity contribution in [2.45, 2.75) is 25.4 Å². The van der Waals surface area contributed by atoms with Crippen LogP contribution in [0.15, 0.2) is 41.8 Å². The summed E-state index contributed by atoms with van der Waals surface area (Å²) in [6, 6.07) is 11.6. The van der Waals surface area contributed by atoms with E-state index in [-0.39, 0.29) is 12.1 Å². The molecule has 2 heterocycles. The van der Waals surface area contributed by atoms with Crippen LogP contribution in [0.2, 0.25) is 0 Å². The molecule has 0 spiro atoms. The van der Waals surface area contributed by atoms with Crippen LogP contribution in [0.3, 0.4) is 0 Å². The molecule has 0 saturated carbocycles. The molecule has 2 N–H and O–H groups in total. The Bertz CT molecular complexity index is 836. The van der Waals surface area contributed by atoms with Crippen LogP contribution in [0.4, 0.5) is 10.7 Å². The van der Waals surface area contributed by atoms with E-state index in [1.807, 2.05) is 30.3 Å². The van der Waals surface area contributed by atoms with Crippen LogP contribution >= 0.6 is 11.3 Å². The Morgan fingerprint density at radius 3 is 2.63 bits per heavy atom. The maximum absolute atomic E-state index is 12.2. The first kappa shape index (κ1) is 18.9. The SMILES string of the molecule is COC(=O)c1csc(NC(=O)C(=O)NC2CC(C)N(c3ccccc3)C2)c1. The summed E-state index contributed by atoms with van der Waals surface area (Å²) in [5.74, 6) is -1.92. The van der Waals surface area contributed by atoms with Gasteiger partial charge >= 0.3 is 17.8 Å². The van der Waals surface area contributed by atoms with E-state index < -0.39 is 17.8 Å². The van der Waals surface area contributed by atoms with Gasteiger partial charge in [0.2, 0.25) is 0 Å². The van der Waals surface area contributed by atoms with Gasteiger partial charge in [-0.1, -0.05) is 18.2 Å². The molecule has 1 fully saturated rings. The van der Waals surface area contributed by atoms with Gasteiger partial charge in [0, 0.05) is 29.7 Å². The number of carbonyl (C=O) groups excluding carboxylic acids is 3. The van der Waals surface area contributed by atoms with Crippen molar-refractivity contribution in [2.24, 2.45) is 0 Å². The van der Waals surface area contributed by atoms with Gasteiger partial charge in [0.15, 0.2) is 0 Å². The van der Waals surface area contributed by atoms with E-state index in [4.69, 9.17) is 0 Å². The van der Waals surface area contributed by atoms with E-state index >= 15 is 0 Å². The topological polar surface area (TPSA) is 87.7 Å². The maximum Gasteiger partial charge on any atom is 0.338 e. The van der Waals surface area contributed by atoms with Crippen molar-refractivity contribution in [1.82, 2.24) is 5.32 Å². The van der Waals surface area contributed by atoms with Crippen LogP contribution in [0.5, 0.6) is 0 Å². The fraction of sp³-hybridized carbons (Fsp3) is 0.316. The molecule has 0 radical (unpaired) electrons. The minimum Gasteiger partial charge on any atom is -0.465 e. The van der Waals surface area contributed by atoms with Crippen molar-refractivity contribution in [3.05, 3.63) is 47.3 Å². The molecule has 8 heteroatoms. The molecule has 7 nitrogen and oxygen atoms in total. The molecule has 27 heavy (non-hydrogen) atoms. The van der Waals surface area contributed by atoms with Crippen molar-refractivity contribution >= 4 is 39.8 Å². The molecule has 2 atom stereocenters. The van der Waals surface area contributed by atoms with Gasteiger partial charge in [0.1, 0.15) is 0 Å². The highest BCUT2D eigenvalue weighted by atomic mass is 32.1. The third-order valence-electron chi connectivity index (χ3n) is 4.46. The lowest BCUT2D eigenvalue weighted by Crippen LogP contribution is -2.43. The molecule has 1 aromatic heterocycles. The summed E-state index contributed by atoms with van der Waals surface area (Å²) in [5.41, 5.74) is 1.43. The average molecular weight is 387 g/mol. The molecule has 1 aliphatic heterocycles. The molecule has 3 rings (SSSR count). The number of carbonyl (C=O) groups is 3. The third kappa shape index (κ3) is 4.46. The van der Waals surface area contributed by atoms with Gasteiger partial charge < -0.3 is 20.3 Å². The van der Waals surface area contributed by atoms with E-state index in [0.29, 0.717) is 17.1 Å². The number of nitrogens with zero attached hydrogens (tertiary/aromatic N) is 1. The Balaban J connectivity index is 1.55. The predicted molar refractivity (Wildman–Crippen MR) is 104 cm³/mol. The Morgan fingerprint density at radius 1 is 1.19 bits per heavy atom. The lowest BCUT2D eigenvalue weighted by Gasteiger charge is -2.23. The molecule has 0 aliphatic carbocycles. The molecule has 2 aromatic rings. The standard InChI is InChI=1S/C19H21N3O4S/c1-12-8-14(10-22(12)15-6-4-3-5-7-15)20-17(23)18(24)21-16-9-13(11-27-16)19(25)26-2/h3-7,9,11-12,14H,8,10H2,1-2H3,(H,20,23)(H,21,24). The summed E-state index contributed by atoms with van der Waals surface area (Å²) in [6.45, 7) is 2.74. The summed E-state index contributed by atoms with van der Waals surface area (Å²) in [6.07, 6.45) is 0.763. The number of hydrogen-bond donors (Lipinski definition) is 2. The van der Waals surface area contributed by atoms with E-state index in [1.54, 1.807) is 5.38 Å². The van der Waals surface area contributed by atoms with Crippen molar-refractivity contribution in [1.29, 1.82) is 0 Å². The van der Waals surface area contributed by atoms with Crippen molar-refractivity contribution in [2.75, 3.05) is 23.9 Å². The first-order valence-corrected chi connectivity index (χ1v) is 9.46. The zero-order valence-electron chi connectivity index (χ0n) is 15.1. The van der Waals surface area contributed by atoms with Crippen molar-refractivity contribution in [3.8, 4) is 0 Å². The van der Waals surface area contributed by atoms with Gasteiger partial charge in [-0.2, -0.15) is 0 Å². The largest absolute Gasteiger partial charge is 0.465 e. The van der Waals surface area contributed by atoms with Gasteiger partial charge in [0.05, 0.1) is 17.7 Å². The number of hydrogen-bond acceptors (Lipinski definition) is 6. The van der Waals surface area contributed by atoms with Gasteiger partial charge in [0.25, 0.3) is 0 Å². The number of amides is 2. The molecule has 1 saturated heterocycles. The molecule has 2 amide bonds. The van der Waals surface area contributed by atoms with Crippen LogP contribution in [0.25, 0.3) is 0 Å². The summed E-state index contributed by atoms with van der Waals surface area (Å²) in [5, 5.41) is 7.29. The summed E-state index contributed by atoms with van der Waals surface area (Å²) >= 11 is 1.16. The lowest BCUT2D eigenvalue weighted by molar-refractivity contribution is -0.136. The second kappa shape index (κ2) is 8.22. The Morgan fingerprint density at radius 2 is 1.93 bits per heavy atom. The highest BCUT2D eigenvalue weighted by molar-refractivity contribution is 7.14. The Kier molecular flexibility index (Phi) is 5.75. The third-order valence-corrected chi connectivity index (χ3v) is 5.31. The van der Waals surface area contributed by atoms with Gasteiger partial charge in [-0.3, -0.25) is 9.59 Å². The molecule has 1 aliphatic rings. The molecule has 1 aromatic carbocycles. The van der Waals surface area contributed by atoms with Crippen LogP contribution in [-0.4, -0.2) is 43.5 Å². The minimum atomic E-state index is -0.751. The number of esters is 1. The zero-order valence-corrected chi connectivity index (χ0v) is 15.9. The number of nitrogens with one attached hydrogen (secondary N) is 2. The van der Waals surface area contributed by atoms with Gasteiger partial charge in [-0.05, 0) is 31.5 Å². The van der Waals surface area contributed by atoms with E-state index in [2.05, 4.69) is 27.2 Å². The molecular formula is C19H21N3O4S. The molecule has 142 valence electrons. The van der Waals surface area contributed by atoms with Crippen LogP contribution < -0.4 is 15.5 Å². The molecular weight excluding hydrogens is 366 g/mol. The van der Waals surface area contributed by atoms with E-state index in [9.17, 15) is 14.4 Å². The van der Waals surface area contributed by atoms with E-state index in [1.165, 1.54) is 13.2 Å². The van der Waals surface area contributed by atoms with Crippen LogP contribution in [-0.2, 0) is 14.3 Å². The monoisotopic (exact) mass is 387 g/mol. The summed E-state index contributed by atoms with van der Waals surface area (Å²) < 4.78 is 4.62. The number of benzene rings is 1. The van der Waals surface area contributed by atoms with Crippen LogP contribution in [0, 0.1) is 0 Å². The minimum absolute atomic E-state index is 0.104. The predicted octanol–water partition coefficient (Wildman–Crippen LogP) is 2.26. The highest BCUT2D eigenvalue weighted by Crippen LogP contribution is 2.25. The smallest absolute Gasteiger partial charge is 0.338 e. The van der Waals surface area contributed by atoms with Gasteiger partial charge in [-0.15, -0.1) is 11.3 Å². The fourth-order valence-corrected chi connectivity index (χ4v) is 3.93. The second-order valence-electron chi connectivity index (χ2n) is 6.39. The first-order chi connectivity index (χ1) is 13.0. The number of methoxy groups -OCH3 is 1. The number of anilines is 2. The van der Waals surface area contributed by atoms with Crippen molar-refractivity contribution < 1.29 is 19.1 Å². The van der Waals surface area contributed by atoms with Crippen LogP contribution in [0.1, 0.15) is 23.7 Å². The van der Waals surface area contributed by atoms with Gasteiger partial charge in [-0.25, -0.2) is 4.79 Å². The quantitative estimate of drug-likeness (QED) is 0.621. The second-order valence-corrected chi connectivity index (χ2v) is 7.30. The highest BCUT2D eigenvalue weighted by Gasteiger charge is 2.31. The first-order valence-electron chi connectivity index (χ1n) is 8.58. The Hall–Kier alpha value is -2.87. The lowest BCUT2D eigenvalue weighted by atomic mass is 10.2.